The normalized spacial score (nSPS) is 10.7. The van der Waals surface area contributed by atoms with Crippen molar-refractivity contribution in [2.45, 2.75) is 19.0 Å². The summed E-state index contributed by atoms with van der Waals surface area (Å²) in [7, 11) is 0. The van der Waals surface area contributed by atoms with Crippen LogP contribution in [0.4, 0.5) is 5.69 Å². The molecule has 0 fully saturated rings. The van der Waals surface area contributed by atoms with E-state index in [1.165, 1.54) is 11.8 Å². The molecule has 3 rings (SSSR count). The van der Waals surface area contributed by atoms with Gasteiger partial charge in [-0.3, -0.25) is 9.36 Å². The first-order valence-corrected chi connectivity index (χ1v) is 10.7. The molecule has 0 atom stereocenters. The number of nitrogens with zero attached hydrogens (tertiary/aromatic N) is 3. The van der Waals surface area contributed by atoms with Gasteiger partial charge in [0.1, 0.15) is 11.6 Å². The number of ether oxygens (including phenoxy) is 1. The second-order valence-electron chi connectivity index (χ2n) is 5.75. The molecule has 2 aromatic carbocycles. The number of thioether (sulfide) groups is 1. The Morgan fingerprint density at radius 3 is 2.68 bits per heavy atom. The maximum atomic E-state index is 12.3. The summed E-state index contributed by atoms with van der Waals surface area (Å²) >= 11 is 10.8. The van der Waals surface area contributed by atoms with Gasteiger partial charge in [0.25, 0.3) is 0 Å². The minimum atomic E-state index is -0.173. The van der Waals surface area contributed by atoms with Crippen molar-refractivity contribution in [2.24, 2.45) is 0 Å². The van der Waals surface area contributed by atoms with Crippen molar-refractivity contribution in [3.63, 3.8) is 0 Å². The third kappa shape index (κ3) is 5.06. The van der Waals surface area contributed by atoms with Crippen LogP contribution in [0.25, 0.3) is 5.69 Å². The van der Waals surface area contributed by atoms with Gasteiger partial charge in [0.05, 0.1) is 23.1 Å². The average Bonchev–Trinajstić information content (AvgIpc) is 3.04. The molecule has 0 spiro atoms. The molecule has 0 bridgehead atoms. The molecule has 1 N–H and O–H groups in total. The number of aromatic nitrogens is 3. The zero-order chi connectivity index (χ0) is 20.1. The number of rotatable bonds is 7. The Morgan fingerprint density at radius 1 is 1.25 bits per heavy atom. The maximum Gasteiger partial charge on any atom is 0.234 e. The lowest BCUT2D eigenvalue weighted by molar-refractivity contribution is -0.113. The van der Waals surface area contributed by atoms with E-state index >= 15 is 0 Å². The van der Waals surface area contributed by atoms with Gasteiger partial charge in [0.2, 0.25) is 5.91 Å². The van der Waals surface area contributed by atoms with Crippen LogP contribution in [-0.4, -0.2) is 33.0 Å². The highest BCUT2D eigenvalue weighted by atomic mass is 79.9. The lowest BCUT2D eigenvalue weighted by atomic mass is 10.3. The fourth-order valence-electron chi connectivity index (χ4n) is 2.50. The van der Waals surface area contributed by atoms with Crippen molar-refractivity contribution >= 4 is 50.9 Å². The Morgan fingerprint density at radius 2 is 2.00 bits per heavy atom. The number of nitrogens with one attached hydrogen (secondary N) is 1. The van der Waals surface area contributed by atoms with Crippen LogP contribution in [0.15, 0.2) is 52.1 Å². The molecule has 0 radical (unpaired) electrons. The van der Waals surface area contributed by atoms with Crippen LogP contribution in [0.5, 0.6) is 5.75 Å². The monoisotopic (exact) mass is 480 g/mol. The number of amides is 1. The van der Waals surface area contributed by atoms with Gasteiger partial charge in [-0.05, 0) is 56.3 Å². The van der Waals surface area contributed by atoms with E-state index in [9.17, 15) is 4.79 Å². The van der Waals surface area contributed by atoms with E-state index in [0.29, 0.717) is 22.5 Å². The molecule has 0 aliphatic rings. The van der Waals surface area contributed by atoms with Crippen LogP contribution in [0.2, 0.25) is 5.02 Å². The Labute approximate surface area is 180 Å². The van der Waals surface area contributed by atoms with Crippen LogP contribution in [-0.2, 0) is 4.79 Å². The standard InChI is InChI=1S/C19H18BrClN4O2S/c1-3-27-15-7-5-14(6-8-15)25-12(2)23-24-19(25)28-11-18(26)22-17-9-4-13(20)10-16(17)21/h4-10H,3,11H2,1-2H3,(H,22,26). The molecular formula is C19H18BrClN4O2S. The molecule has 0 unspecified atom stereocenters. The van der Waals surface area contributed by atoms with Crippen molar-refractivity contribution in [2.75, 3.05) is 17.7 Å². The lowest BCUT2D eigenvalue weighted by Crippen LogP contribution is -2.15. The van der Waals surface area contributed by atoms with Gasteiger partial charge in [-0.15, -0.1) is 10.2 Å². The molecule has 6 nitrogen and oxygen atoms in total. The molecule has 1 aromatic heterocycles. The number of anilines is 1. The summed E-state index contributed by atoms with van der Waals surface area (Å²) in [6.45, 7) is 4.43. The van der Waals surface area contributed by atoms with E-state index < -0.39 is 0 Å². The minimum absolute atomic E-state index is 0.173. The zero-order valence-electron chi connectivity index (χ0n) is 15.3. The van der Waals surface area contributed by atoms with E-state index in [0.717, 1.165) is 21.7 Å². The largest absolute Gasteiger partial charge is 0.494 e. The quantitative estimate of drug-likeness (QED) is 0.474. The molecular weight excluding hydrogens is 464 g/mol. The van der Waals surface area contributed by atoms with E-state index in [1.807, 2.05) is 48.7 Å². The van der Waals surface area contributed by atoms with Gasteiger partial charge in [0.15, 0.2) is 5.16 Å². The number of carbonyl (C=O) groups is 1. The summed E-state index contributed by atoms with van der Waals surface area (Å²) in [5.41, 5.74) is 1.48. The van der Waals surface area contributed by atoms with Crippen molar-refractivity contribution in [3.05, 3.63) is 57.8 Å². The van der Waals surface area contributed by atoms with Crippen LogP contribution >= 0.6 is 39.3 Å². The topological polar surface area (TPSA) is 69.0 Å². The Kier molecular flexibility index (Phi) is 6.98. The van der Waals surface area contributed by atoms with Gasteiger partial charge in [-0.25, -0.2) is 0 Å². The molecule has 1 heterocycles. The average molecular weight is 482 g/mol. The molecule has 28 heavy (non-hydrogen) atoms. The van der Waals surface area contributed by atoms with Gasteiger partial charge in [0, 0.05) is 10.2 Å². The summed E-state index contributed by atoms with van der Waals surface area (Å²) in [4.78, 5) is 12.3. The van der Waals surface area contributed by atoms with Crippen LogP contribution < -0.4 is 10.1 Å². The highest BCUT2D eigenvalue weighted by molar-refractivity contribution is 9.10. The summed E-state index contributed by atoms with van der Waals surface area (Å²) < 4.78 is 8.23. The number of aryl methyl sites for hydroxylation is 1. The fourth-order valence-corrected chi connectivity index (χ4v) is 4.02. The number of halogens is 2. The summed E-state index contributed by atoms with van der Waals surface area (Å²) in [6, 6.07) is 13.0. The smallest absolute Gasteiger partial charge is 0.234 e. The first kappa shape index (κ1) is 20.7. The van der Waals surface area contributed by atoms with Gasteiger partial charge in [-0.1, -0.05) is 39.3 Å². The zero-order valence-corrected chi connectivity index (χ0v) is 18.4. The van der Waals surface area contributed by atoms with Crippen molar-refractivity contribution in [1.82, 2.24) is 14.8 Å². The number of hydrogen-bond acceptors (Lipinski definition) is 5. The van der Waals surface area contributed by atoms with Crippen molar-refractivity contribution in [1.29, 1.82) is 0 Å². The van der Waals surface area contributed by atoms with E-state index in [1.54, 1.807) is 12.1 Å². The predicted molar refractivity (Wildman–Crippen MR) is 116 cm³/mol. The molecule has 0 aliphatic heterocycles. The summed E-state index contributed by atoms with van der Waals surface area (Å²) in [6.07, 6.45) is 0. The van der Waals surface area contributed by atoms with Crippen LogP contribution in [0.3, 0.4) is 0 Å². The van der Waals surface area contributed by atoms with Gasteiger partial charge < -0.3 is 10.1 Å². The Hall–Kier alpha value is -2.03. The fraction of sp³-hybridized carbons (Fsp3) is 0.211. The Balaban J connectivity index is 1.69. The molecule has 9 heteroatoms. The third-order valence-corrected chi connectivity index (χ3v) is 5.47. The van der Waals surface area contributed by atoms with Crippen molar-refractivity contribution < 1.29 is 9.53 Å². The third-order valence-electron chi connectivity index (χ3n) is 3.74. The van der Waals surface area contributed by atoms with E-state index in [2.05, 4.69) is 31.4 Å². The summed E-state index contributed by atoms with van der Waals surface area (Å²) in [5.74, 6) is 1.55. The molecule has 3 aromatic rings. The Bertz CT molecular complexity index is 979. The van der Waals surface area contributed by atoms with Gasteiger partial charge >= 0.3 is 0 Å². The second kappa shape index (κ2) is 9.45. The van der Waals surface area contributed by atoms with E-state index in [-0.39, 0.29) is 11.7 Å². The maximum absolute atomic E-state index is 12.3. The molecule has 0 aliphatic carbocycles. The number of carbonyl (C=O) groups excluding carboxylic acids is 1. The van der Waals surface area contributed by atoms with Crippen LogP contribution in [0, 0.1) is 6.92 Å². The molecule has 1 amide bonds. The highest BCUT2D eigenvalue weighted by Crippen LogP contribution is 2.27. The summed E-state index contributed by atoms with van der Waals surface area (Å²) in [5, 5.41) is 12.3. The number of hydrogen-bond donors (Lipinski definition) is 1. The lowest BCUT2D eigenvalue weighted by Gasteiger charge is -2.10. The second-order valence-corrected chi connectivity index (χ2v) is 8.02. The van der Waals surface area contributed by atoms with Gasteiger partial charge in [-0.2, -0.15) is 0 Å². The molecule has 146 valence electrons. The first-order valence-electron chi connectivity index (χ1n) is 8.51. The predicted octanol–water partition coefficient (Wildman–Crippen LogP) is 5.12. The van der Waals surface area contributed by atoms with Crippen LogP contribution in [0.1, 0.15) is 12.7 Å². The SMILES string of the molecule is CCOc1ccc(-n2c(C)nnc2SCC(=O)Nc2ccc(Br)cc2Cl)cc1. The van der Waals surface area contributed by atoms with Crippen molar-refractivity contribution in [3.8, 4) is 11.4 Å². The highest BCUT2D eigenvalue weighted by Gasteiger charge is 2.14. The number of benzene rings is 2. The first-order chi connectivity index (χ1) is 13.5. The molecule has 0 saturated heterocycles. The minimum Gasteiger partial charge on any atom is -0.494 e. The van der Waals surface area contributed by atoms with E-state index in [4.69, 9.17) is 16.3 Å². The molecule has 0 saturated carbocycles.